The van der Waals surface area contributed by atoms with Crippen LogP contribution in [0.15, 0.2) is 0 Å². The average molecular weight is 263 g/mol. The van der Waals surface area contributed by atoms with Gasteiger partial charge in [0.2, 0.25) is 0 Å². The molecule has 0 aliphatic rings. The van der Waals surface area contributed by atoms with Crippen molar-refractivity contribution in [2.75, 3.05) is 0 Å². The number of hydrogen-bond acceptors (Lipinski definition) is 3. The van der Waals surface area contributed by atoms with Crippen molar-refractivity contribution in [1.29, 1.82) is 0 Å². The summed E-state index contributed by atoms with van der Waals surface area (Å²) in [6.45, 7) is 3.70. The van der Waals surface area contributed by atoms with E-state index in [-0.39, 0.29) is 5.25 Å². The number of carboxylic acids is 1. The second-order valence-electron chi connectivity index (χ2n) is 3.52. The Hall–Kier alpha value is -0.680. The zero-order valence-electron chi connectivity index (χ0n) is 9.53. The minimum Gasteiger partial charge on any atom is -0.480 e. The van der Waals surface area contributed by atoms with Crippen LogP contribution in [0.25, 0.3) is 0 Å². The molecule has 1 N–H and O–H groups in total. The third kappa shape index (κ3) is 2.92. The van der Waals surface area contributed by atoms with Gasteiger partial charge >= 0.3 is 5.97 Å². The zero-order valence-corrected chi connectivity index (χ0v) is 11.1. The van der Waals surface area contributed by atoms with Gasteiger partial charge in [0.25, 0.3) is 0 Å². The van der Waals surface area contributed by atoms with Crippen LogP contribution >= 0.6 is 23.4 Å². The first-order valence-corrected chi connectivity index (χ1v) is 6.42. The van der Waals surface area contributed by atoms with Crippen molar-refractivity contribution in [3.63, 3.8) is 0 Å². The Labute approximate surface area is 104 Å². The maximum atomic E-state index is 10.9. The minimum absolute atomic E-state index is 0.383. The van der Waals surface area contributed by atoms with Crippen molar-refractivity contribution in [1.82, 2.24) is 9.78 Å². The van der Waals surface area contributed by atoms with Crippen LogP contribution in [0.5, 0.6) is 0 Å². The normalized spacial score (nSPS) is 12.8. The van der Waals surface area contributed by atoms with Crippen LogP contribution in [0.1, 0.15) is 24.7 Å². The molecule has 0 saturated heterocycles. The van der Waals surface area contributed by atoms with Crippen LogP contribution in [0.4, 0.5) is 0 Å². The van der Waals surface area contributed by atoms with Gasteiger partial charge in [-0.3, -0.25) is 9.48 Å². The van der Waals surface area contributed by atoms with E-state index in [4.69, 9.17) is 16.7 Å². The molecule has 1 aromatic heterocycles. The van der Waals surface area contributed by atoms with E-state index in [1.807, 2.05) is 20.9 Å². The summed E-state index contributed by atoms with van der Waals surface area (Å²) < 4.78 is 1.71. The summed E-state index contributed by atoms with van der Waals surface area (Å²) in [5.74, 6) is -0.205. The first-order valence-electron chi connectivity index (χ1n) is 4.99. The zero-order chi connectivity index (χ0) is 12.3. The van der Waals surface area contributed by atoms with Crippen molar-refractivity contribution in [2.24, 2.45) is 7.05 Å². The highest BCUT2D eigenvalue weighted by atomic mass is 35.5. The Morgan fingerprint density at radius 1 is 1.69 bits per heavy atom. The molecular weight excluding hydrogens is 248 g/mol. The van der Waals surface area contributed by atoms with E-state index in [0.717, 1.165) is 11.4 Å². The second-order valence-corrected chi connectivity index (χ2v) is 5.08. The molecule has 0 aromatic carbocycles. The predicted octanol–water partition coefficient (Wildman–Crippen LogP) is 2.48. The van der Waals surface area contributed by atoms with Crippen LogP contribution < -0.4 is 0 Å². The van der Waals surface area contributed by atoms with Crippen molar-refractivity contribution in [2.45, 2.75) is 31.3 Å². The summed E-state index contributed by atoms with van der Waals surface area (Å²) in [6.07, 6.45) is 0.606. The number of halogens is 1. The molecule has 4 nitrogen and oxygen atoms in total. The van der Waals surface area contributed by atoms with Gasteiger partial charge < -0.3 is 5.11 Å². The van der Waals surface area contributed by atoms with E-state index < -0.39 is 5.97 Å². The molecule has 16 heavy (non-hydrogen) atoms. The fourth-order valence-electron chi connectivity index (χ4n) is 1.38. The van der Waals surface area contributed by atoms with Gasteiger partial charge in [0.05, 0.1) is 16.4 Å². The van der Waals surface area contributed by atoms with Crippen LogP contribution in [0.2, 0.25) is 5.02 Å². The number of carboxylic acid groups (broad SMARTS) is 1. The van der Waals surface area contributed by atoms with Crippen molar-refractivity contribution < 1.29 is 9.90 Å². The lowest BCUT2D eigenvalue weighted by atomic mass is 10.3. The van der Waals surface area contributed by atoms with E-state index in [1.165, 1.54) is 11.8 Å². The van der Waals surface area contributed by atoms with Gasteiger partial charge in [-0.2, -0.15) is 5.10 Å². The molecule has 0 radical (unpaired) electrons. The number of nitrogens with zero attached hydrogens (tertiary/aromatic N) is 2. The molecule has 1 atom stereocenters. The monoisotopic (exact) mass is 262 g/mol. The molecule has 0 aliphatic heterocycles. The Morgan fingerprint density at radius 2 is 2.31 bits per heavy atom. The Bertz CT molecular complexity index is 392. The first-order chi connectivity index (χ1) is 7.47. The van der Waals surface area contributed by atoms with Crippen LogP contribution in [-0.4, -0.2) is 26.1 Å². The van der Waals surface area contributed by atoms with Crippen molar-refractivity contribution in [3.8, 4) is 0 Å². The van der Waals surface area contributed by atoms with Crippen molar-refractivity contribution in [3.05, 3.63) is 16.4 Å². The molecule has 1 aromatic rings. The van der Waals surface area contributed by atoms with Gasteiger partial charge in [0, 0.05) is 12.8 Å². The molecule has 0 amide bonds. The standard InChI is InChI=1S/C10H15ClN2O2S/c1-4-8(10(14)15)16-5-7-9(11)6(2)12-13(7)3/h8H,4-5H2,1-3H3,(H,14,15). The summed E-state index contributed by atoms with van der Waals surface area (Å²) in [7, 11) is 1.82. The van der Waals surface area contributed by atoms with Crippen LogP contribution in [0.3, 0.4) is 0 Å². The van der Waals surface area contributed by atoms with E-state index in [0.29, 0.717) is 17.2 Å². The fourth-order valence-corrected chi connectivity index (χ4v) is 2.75. The molecule has 6 heteroatoms. The maximum absolute atomic E-state index is 10.9. The molecule has 1 unspecified atom stereocenters. The van der Waals surface area contributed by atoms with Gasteiger partial charge in [-0.1, -0.05) is 18.5 Å². The van der Waals surface area contributed by atoms with Crippen LogP contribution in [0, 0.1) is 6.92 Å². The predicted molar refractivity (Wildman–Crippen MR) is 66.0 cm³/mol. The van der Waals surface area contributed by atoms with E-state index in [1.54, 1.807) is 4.68 Å². The third-order valence-electron chi connectivity index (χ3n) is 2.33. The Morgan fingerprint density at radius 3 is 2.69 bits per heavy atom. The van der Waals surface area contributed by atoms with Gasteiger partial charge in [-0.05, 0) is 13.3 Å². The number of aliphatic carboxylic acids is 1. The summed E-state index contributed by atoms with van der Waals surface area (Å²) >= 11 is 7.46. The minimum atomic E-state index is -0.775. The lowest BCUT2D eigenvalue weighted by Crippen LogP contribution is -2.15. The summed E-state index contributed by atoms with van der Waals surface area (Å²) in [6, 6.07) is 0. The van der Waals surface area contributed by atoms with E-state index in [2.05, 4.69) is 5.10 Å². The second kappa shape index (κ2) is 5.59. The highest BCUT2D eigenvalue weighted by molar-refractivity contribution is 7.99. The summed E-state index contributed by atoms with van der Waals surface area (Å²) in [4.78, 5) is 10.9. The molecule has 0 aliphatic carbocycles. The van der Waals surface area contributed by atoms with Gasteiger partial charge in [-0.25, -0.2) is 0 Å². The number of aryl methyl sites for hydroxylation is 2. The number of thioether (sulfide) groups is 1. The first kappa shape index (κ1) is 13.4. The van der Waals surface area contributed by atoms with E-state index in [9.17, 15) is 4.79 Å². The van der Waals surface area contributed by atoms with Gasteiger partial charge in [0.15, 0.2) is 0 Å². The SMILES string of the molecule is CCC(SCc1c(Cl)c(C)nn1C)C(=O)O. The van der Waals surface area contributed by atoms with Crippen molar-refractivity contribution >= 4 is 29.3 Å². The Kier molecular flexibility index (Phi) is 4.68. The fraction of sp³-hybridized carbons (Fsp3) is 0.600. The largest absolute Gasteiger partial charge is 0.480 e. The number of rotatable bonds is 5. The Balaban J connectivity index is 2.70. The highest BCUT2D eigenvalue weighted by Gasteiger charge is 2.18. The lowest BCUT2D eigenvalue weighted by Gasteiger charge is -2.09. The van der Waals surface area contributed by atoms with E-state index >= 15 is 0 Å². The third-order valence-corrected chi connectivity index (χ3v) is 4.20. The number of aromatic nitrogens is 2. The molecule has 90 valence electrons. The number of hydrogen-bond donors (Lipinski definition) is 1. The highest BCUT2D eigenvalue weighted by Crippen LogP contribution is 2.26. The quantitative estimate of drug-likeness (QED) is 0.886. The molecule has 0 saturated carbocycles. The molecular formula is C10H15ClN2O2S. The molecule has 0 fully saturated rings. The molecule has 0 bridgehead atoms. The lowest BCUT2D eigenvalue weighted by molar-refractivity contribution is -0.136. The van der Waals surface area contributed by atoms with Crippen LogP contribution in [-0.2, 0) is 17.6 Å². The average Bonchev–Trinajstić information content (AvgIpc) is 2.44. The summed E-state index contributed by atoms with van der Waals surface area (Å²) in [5.41, 5.74) is 1.66. The molecule has 0 spiro atoms. The maximum Gasteiger partial charge on any atom is 0.316 e. The smallest absolute Gasteiger partial charge is 0.316 e. The van der Waals surface area contributed by atoms with Gasteiger partial charge in [-0.15, -0.1) is 11.8 Å². The summed E-state index contributed by atoms with van der Waals surface area (Å²) in [5, 5.41) is 13.4. The van der Waals surface area contributed by atoms with Gasteiger partial charge in [0.1, 0.15) is 5.25 Å². The molecule has 1 rings (SSSR count). The molecule has 1 heterocycles. The topological polar surface area (TPSA) is 55.1 Å². The number of carbonyl (C=O) groups is 1.